The summed E-state index contributed by atoms with van der Waals surface area (Å²) in [6, 6.07) is 16.4. The summed E-state index contributed by atoms with van der Waals surface area (Å²) in [6.07, 6.45) is 0. The molecule has 1 aliphatic heterocycles. The number of halogens is 1. The van der Waals surface area contributed by atoms with Crippen molar-refractivity contribution >= 4 is 17.3 Å². The number of rotatable bonds is 5. The SMILES string of the molecule is CCn1c(CN2CCN(c3cc(C)cc(C)c3)CC2)c(Cl)c(=O)n1-c1ccccc1. The predicted octanol–water partition coefficient (Wildman–Crippen LogP) is 4.25. The van der Waals surface area contributed by atoms with Crippen molar-refractivity contribution in [1.82, 2.24) is 14.3 Å². The second-order valence-corrected chi connectivity index (χ2v) is 8.42. The Morgan fingerprint density at radius 3 is 2.13 bits per heavy atom. The van der Waals surface area contributed by atoms with Crippen LogP contribution in [0.1, 0.15) is 23.7 Å². The van der Waals surface area contributed by atoms with Crippen molar-refractivity contribution in [3.05, 3.63) is 80.7 Å². The number of aromatic nitrogens is 2. The fourth-order valence-corrected chi connectivity index (χ4v) is 4.62. The number of piperazine rings is 1. The molecule has 0 atom stereocenters. The minimum absolute atomic E-state index is 0.145. The first kappa shape index (κ1) is 20.8. The van der Waals surface area contributed by atoms with Crippen LogP contribution in [0.4, 0.5) is 5.69 Å². The molecule has 1 aliphatic rings. The van der Waals surface area contributed by atoms with E-state index in [-0.39, 0.29) is 5.56 Å². The maximum atomic E-state index is 12.9. The van der Waals surface area contributed by atoms with Crippen LogP contribution in [-0.4, -0.2) is 40.4 Å². The van der Waals surface area contributed by atoms with E-state index in [1.54, 1.807) is 4.68 Å². The first-order valence-electron chi connectivity index (χ1n) is 10.6. The molecule has 1 aromatic heterocycles. The maximum absolute atomic E-state index is 12.9. The Labute approximate surface area is 183 Å². The first-order chi connectivity index (χ1) is 14.5. The highest BCUT2D eigenvalue weighted by Crippen LogP contribution is 2.23. The van der Waals surface area contributed by atoms with Crippen LogP contribution in [0.5, 0.6) is 0 Å². The van der Waals surface area contributed by atoms with Gasteiger partial charge in [0.05, 0.1) is 11.4 Å². The van der Waals surface area contributed by atoms with Crippen LogP contribution >= 0.6 is 11.6 Å². The molecule has 0 aliphatic carbocycles. The molecule has 0 bridgehead atoms. The average molecular weight is 425 g/mol. The largest absolute Gasteiger partial charge is 0.369 e. The van der Waals surface area contributed by atoms with Gasteiger partial charge in [0.25, 0.3) is 5.56 Å². The third-order valence-electron chi connectivity index (χ3n) is 5.80. The van der Waals surface area contributed by atoms with Crippen LogP contribution in [0, 0.1) is 13.8 Å². The van der Waals surface area contributed by atoms with Gasteiger partial charge in [0, 0.05) is 45.0 Å². The van der Waals surface area contributed by atoms with E-state index in [1.165, 1.54) is 16.8 Å². The van der Waals surface area contributed by atoms with Crippen LogP contribution in [0.2, 0.25) is 5.02 Å². The molecule has 0 spiro atoms. The highest BCUT2D eigenvalue weighted by Gasteiger charge is 2.23. The van der Waals surface area contributed by atoms with E-state index < -0.39 is 0 Å². The summed E-state index contributed by atoms with van der Waals surface area (Å²) >= 11 is 6.54. The Balaban J connectivity index is 1.53. The first-order valence-corrected chi connectivity index (χ1v) is 11.0. The van der Waals surface area contributed by atoms with Gasteiger partial charge in [0.15, 0.2) is 0 Å². The molecule has 3 aromatic rings. The highest BCUT2D eigenvalue weighted by atomic mass is 35.5. The number of anilines is 1. The quantitative estimate of drug-likeness (QED) is 0.613. The molecule has 1 saturated heterocycles. The molecule has 1 fully saturated rings. The lowest BCUT2D eigenvalue weighted by Gasteiger charge is -2.36. The Morgan fingerprint density at radius 2 is 1.53 bits per heavy atom. The standard InChI is InChI=1S/C24H29ClN4O/c1-4-28-22(23(25)24(30)29(28)20-8-6-5-7-9-20)17-26-10-12-27(13-11-26)21-15-18(2)14-19(3)16-21/h5-9,14-16H,4,10-13,17H2,1-3H3. The molecule has 0 N–H and O–H groups in total. The fourth-order valence-electron chi connectivity index (χ4n) is 4.38. The minimum atomic E-state index is -0.145. The summed E-state index contributed by atoms with van der Waals surface area (Å²) < 4.78 is 3.71. The van der Waals surface area contributed by atoms with Crippen molar-refractivity contribution in [2.24, 2.45) is 0 Å². The molecule has 0 saturated carbocycles. The molecule has 158 valence electrons. The lowest BCUT2D eigenvalue weighted by molar-refractivity contribution is 0.241. The van der Waals surface area contributed by atoms with E-state index in [0.29, 0.717) is 18.1 Å². The molecule has 2 aromatic carbocycles. The molecule has 6 heteroatoms. The van der Waals surface area contributed by atoms with Crippen molar-refractivity contribution in [2.75, 3.05) is 31.1 Å². The van der Waals surface area contributed by atoms with E-state index in [2.05, 4.69) is 48.8 Å². The van der Waals surface area contributed by atoms with Gasteiger partial charge in [-0.1, -0.05) is 35.9 Å². The lowest BCUT2D eigenvalue weighted by atomic mass is 10.1. The molecule has 4 rings (SSSR count). The average Bonchev–Trinajstić information content (AvgIpc) is 2.98. The third-order valence-corrected chi connectivity index (χ3v) is 6.18. The molecule has 0 amide bonds. The van der Waals surface area contributed by atoms with Gasteiger partial charge in [-0.15, -0.1) is 0 Å². The number of para-hydroxylation sites is 1. The normalized spacial score (nSPS) is 15.0. The summed E-state index contributed by atoms with van der Waals surface area (Å²) in [6.45, 7) is 11.5. The molecule has 5 nitrogen and oxygen atoms in total. The van der Waals surface area contributed by atoms with Crippen molar-refractivity contribution in [1.29, 1.82) is 0 Å². The number of hydrogen-bond acceptors (Lipinski definition) is 3. The highest BCUT2D eigenvalue weighted by molar-refractivity contribution is 6.31. The summed E-state index contributed by atoms with van der Waals surface area (Å²) in [5, 5.41) is 0.331. The molecular weight excluding hydrogens is 396 g/mol. The van der Waals surface area contributed by atoms with E-state index in [4.69, 9.17) is 11.6 Å². The minimum Gasteiger partial charge on any atom is -0.369 e. The predicted molar refractivity (Wildman–Crippen MR) is 124 cm³/mol. The van der Waals surface area contributed by atoms with Gasteiger partial charge in [-0.25, -0.2) is 4.68 Å². The topological polar surface area (TPSA) is 33.4 Å². The number of nitrogens with zero attached hydrogens (tertiary/aromatic N) is 4. The van der Waals surface area contributed by atoms with Crippen LogP contribution in [0.15, 0.2) is 53.3 Å². The number of aryl methyl sites for hydroxylation is 2. The zero-order valence-corrected chi connectivity index (χ0v) is 18.7. The van der Waals surface area contributed by atoms with Crippen LogP contribution in [0.3, 0.4) is 0 Å². The Bertz CT molecular complexity index is 1060. The second-order valence-electron chi connectivity index (χ2n) is 8.04. The second kappa shape index (κ2) is 8.70. The van der Waals surface area contributed by atoms with Crippen molar-refractivity contribution in [3.63, 3.8) is 0 Å². The Morgan fingerprint density at radius 1 is 0.900 bits per heavy atom. The Hall–Kier alpha value is -2.50. The van der Waals surface area contributed by atoms with Gasteiger partial charge >= 0.3 is 0 Å². The Kier molecular flexibility index (Phi) is 6.02. The molecular formula is C24H29ClN4O. The van der Waals surface area contributed by atoms with Crippen LogP contribution < -0.4 is 10.5 Å². The monoisotopic (exact) mass is 424 g/mol. The molecule has 30 heavy (non-hydrogen) atoms. The zero-order chi connectivity index (χ0) is 21.3. The summed E-state index contributed by atoms with van der Waals surface area (Å²) in [5.74, 6) is 0. The van der Waals surface area contributed by atoms with Gasteiger partial charge in [-0.3, -0.25) is 14.4 Å². The van der Waals surface area contributed by atoms with Crippen molar-refractivity contribution in [3.8, 4) is 5.69 Å². The van der Waals surface area contributed by atoms with Gasteiger partial charge in [0.2, 0.25) is 0 Å². The van der Waals surface area contributed by atoms with E-state index >= 15 is 0 Å². The number of hydrogen-bond donors (Lipinski definition) is 0. The van der Waals surface area contributed by atoms with Gasteiger partial charge < -0.3 is 4.90 Å². The molecule has 0 radical (unpaired) electrons. The summed E-state index contributed by atoms with van der Waals surface area (Å²) in [4.78, 5) is 17.7. The maximum Gasteiger partial charge on any atom is 0.290 e. The van der Waals surface area contributed by atoms with E-state index in [0.717, 1.165) is 37.6 Å². The fraction of sp³-hybridized carbons (Fsp3) is 0.375. The van der Waals surface area contributed by atoms with Gasteiger partial charge in [-0.2, -0.15) is 0 Å². The van der Waals surface area contributed by atoms with Crippen molar-refractivity contribution < 1.29 is 0 Å². The van der Waals surface area contributed by atoms with Gasteiger partial charge in [0.1, 0.15) is 5.02 Å². The van der Waals surface area contributed by atoms with Crippen LogP contribution in [-0.2, 0) is 13.1 Å². The summed E-state index contributed by atoms with van der Waals surface area (Å²) in [5.41, 5.74) is 5.49. The smallest absolute Gasteiger partial charge is 0.290 e. The summed E-state index contributed by atoms with van der Waals surface area (Å²) in [7, 11) is 0. The van der Waals surface area contributed by atoms with E-state index in [9.17, 15) is 4.79 Å². The van der Waals surface area contributed by atoms with Gasteiger partial charge in [-0.05, 0) is 56.2 Å². The van der Waals surface area contributed by atoms with E-state index in [1.807, 2.05) is 35.0 Å². The molecule has 2 heterocycles. The van der Waals surface area contributed by atoms with Crippen LogP contribution in [0.25, 0.3) is 5.69 Å². The molecule has 0 unspecified atom stereocenters. The third kappa shape index (κ3) is 4.05. The number of benzene rings is 2. The lowest BCUT2D eigenvalue weighted by Crippen LogP contribution is -2.46. The van der Waals surface area contributed by atoms with Crippen molar-refractivity contribution in [2.45, 2.75) is 33.9 Å². The zero-order valence-electron chi connectivity index (χ0n) is 17.9.